The number of carbonyl (C=O) groups excluding carboxylic acids is 1. The number of benzene rings is 3. The molecule has 166 valence electrons. The van der Waals surface area contributed by atoms with E-state index in [0.29, 0.717) is 23.0 Å². The molecule has 3 rings (SSSR count). The third-order valence-electron chi connectivity index (χ3n) is 4.64. The second-order valence-corrected chi connectivity index (χ2v) is 8.50. The van der Waals surface area contributed by atoms with E-state index in [2.05, 4.69) is 36.7 Å². The van der Waals surface area contributed by atoms with Gasteiger partial charge >= 0.3 is 0 Å². The van der Waals surface area contributed by atoms with Crippen molar-refractivity contribution in [2.75, 3.05) is 35.1 Å². The number of amides is 1. The van der Waals surface area contributed by atoms with Gasteiger partial charge in [-0.15, -0.1) is 23.2 Å². The van der Waals surface area contributed by atoms with Crippen molar-refractivity contribution < 1.29 is 4.79 Å². The lowest BCUT2D eigenvalue weighted by Gasteiger charge is -2.22. The fourth-order valence-corrected chi connectivity index (χ4v) is 3.72. The molecule has 0 saturated carbocycles. The Morgan fingerprint density at radius 3 is 2.25 bits per heavy atom. The first-order chi connectivity index (χ1) is 15.6. The van der Waals surface area contributed by atoms with Crippen LogP contribution in [0.4, 0.5) is 17.1 Å². The molecule has 2 N–H and O–H groups in total. The second kappa shape index (κ2) is 12.5. The Labute approximate surface area is 206 Å². The molecular formula is C24H23BrCl2N4O. The van der Waals surface area contributed by atoms with E-state index < -0.39 is 0 Å². The number of alkyl halides is 2. The van der Waals surface area contributed by atoms with Crippen LogP contribution in [0.3, 0.4) is 0 Å². The minimum atomic E-state index is -0.298. The average molecular weight is 534 g/mol. The molecule has 0 aliphatic heterocycles. The van der Waals surface area contributed by atoms with E-state index in [1.54, 1.807) is 12.3 Å². The maximum Gasteiger partial charge on any atom is 0.273 e. The molecule has 1 amide bonds. The Balaban J connectivity index is 1.63. The van der Waals surface area contributed by atoms with Crippen molar-refractivity contribution >= 4 is 68.3 Å². The Bertz CT molecular complexity index is 1040. The number of rotatable bonds is 10. The van der Waals surface area contributed by atoms with Crippen LogP contribution in [0.1, 0.15) is 15.9 Å². The van der Waals surface area contributed by atoms with Crippen LogP contribution in [0, 0.1) is 0 Å². The number of anilines is 3. The number of para-hydroxylation sites is 1. The normalized spacial score (nSPS) is 10.8. The molecule has 5 nitrogen and oxygen atoms in total. The monoisotopic (exact) mass is 532 g/mol. The van der Waals surface area contributed by atoms with Crippen LogP contribution >= 0.6 is 39.1 Å². The molecule has 0 spiro atoms. The summed E-state index contributed by atoms with van der Waals surface area (Å²) in [6.45, 7) is 1.46. The molecule has 0 aromatic heterocycles. The van der Waals surface area contributed by atoms with Crippen LogP contribution in [0.2, 0.25) is 0 Å². The van der Waals surface area contributed by atoms with Crippen LogP contribution in [-0.4, -0.2) is 37.0 Å². The number of hydrogen-bond acceptors (Lipinski definition) is 4. The SMILES string of the molecule is O=C(N/N=C\c1ccc(N(CCCl)CCCl)cc1)c1ccccc1Nc1ccc(Br)cc1. The number of hydrazone groups is 1. The van der Waals surface area contributed by atoms with E-state index in [4.69, 9.17) is 23.2 Å². The average Bonchev–Trinajstić information content (AvgIpc) is 2.81. The summed E-state index contributed by atoms with van der Waals surface area (Å²) in [7, 11) is 0. The first-order valence-electron chi connectivity index (χ1n) is 10.0. The van der Waals surface area contributed by atoms with Crippen molar-refractivity contribution in [1.82, 2.24) is 5.43 Å². The number of halogens is 3. The molecule has 0 aliphatic carbocycles. The van der Waals surface area contributed by atoms with E-state index in [-0.39, 0.29) is 5.91 Å². The molecule has 3 aromatic carbocycles. The quantitative estimate of drug-likeness (QED) is 0.184. The van der Waals surface area contributed by atoms with Crippen LogP contribution in [0.5, 0.6) is 0 Å². The summed E-state index contributed by atoms with van der Waals surface area (Å²) in [4.78, 5) is 14.8. The molecule has 3 aromatic rings. The van der Waals surface area contributed by atoms with Gasteiger partial charge in [0.1, 0.15) is 0 Å². The van der Waals surface area contributed by atoms with Gasteiger partial charge in [0.15, 0.2) is 0 Å². The van der Waals surface area contributed by atoms with Gasteiger partial charge < -0.3 is 10.2 Å². The maximum absolute atomic E-state index is 12.7. The number of carbonyl (C=O) groups is 1. The lowest BCUT2D eigenvalue weighted by atomic mass is 10.1. The summed E-state index contributed by atoms with van der Waals surface area (Å²) in [6.07, 6.45) is 1.61. The van der Waals surface area contributed by atoms with Gasteiger partial charge in [0.2, 0.25) is 0 Å². The number of nitrogens with zero attached hydrogens (tertiary/aromatic N) is 2. The second-order valence-electron chi connectivity index (χ2n) is 6.83. The van der Waals surface area contributed by atoms with Gasteiger partial charge in [0.05, 0.1) is 17.5 Å². The van der Waals surface area contributed by atoms with E-state index in [9.17, 15) is 4.79 Å². The van der Waals surface area contributed by atoms with Crippen LogP contribution < -0.4 is 15.6 Å². The van der Waals surface area contributed by atoms with Crippen LogP contribution in [-0.2, 0) is 0 Å². The zero-order valence-electron chi connectivity index (χ0n) is 17.3. The highest BCUT2D eigenvalue weighted by Gasteiger charge is 2.10. The lowest BCUT2D eigenvalue weighted by molar-refractivity contribution is 0.0956. The minimum absolute atomic E-state index is 0.298. The zero-order chi connectivity index (χ0) is 22.8. The summed E-state index contributed by atoms with van der Waals surface area (Å²) in [5, 5.41) is 7.38. The van der Waals surface area contributed by atoms with Crippen LogP contribution in [0.15, 0.2) is 82.4 Å². The van der Waals surface area contributed by atoms with E-state index in [1.807, 2.05) is 66.7 Å². The van der Waals surface area contributed by atoms with Crippen molar-refractivity contribution in [2.45, 2.75) is 0 Å². The lowest BCUT2D eigenvalue weighted by Crippen LogP contribution is -2.27. The molecule has 0 heterocycles. The Morgan fingerprint density at radius 1 is 0.938 bits per heavy atom. The summed E-state index contributed by atoms with van der Waals surface area (Å²) in [6, 6.07) is 22.9. The molecular weight excluding hydrogens is 511 g/mol. The van der Waals surface area contributed by atoms with E-state index in [1.165, 1.54) is 0 Å². The van der Waals surface area contributed by atoms with Gasteiger partial charge in [-0.1, -0.05) is 40.2 Å². The predicted octanol–water partition coefficient (Wildman–Crippen LogP) is 6.24. The fourth-order valence-electron chi connectivity index (χ4n) is 3.05. The first kappa shape index (κ1) is 24.1. The van der Waals surface area contributed by atoms with Crippen molar-refractivity contribution in [3.05, 3.63) is 88.4 Å². The highest BCUT2D eigenvalue weighted by molar-refractivity contribution is 9.10. The van der Waals surface area contributed by atoms with Crippen LogP contribution in [0.25, 0.3) is 0 Å². The first-order valence-corrected chi connectivity index (χ1v) is 11.9. The molecule has 0 bridgehead atoms. The number of hydrogen-bond donors (Lipinski definition) is 2. The summed E-state index contributed by atoms with van der Waals surface area (Å²) in [5.74, 6) is 0.766. The maximum atomic E-state index is 12.7. The highest BCUT2D eigenvalue weighted by Crippen LogP contribution is 2.22. The predicted molar refractivity (Wildman–Crippen MR) is 139 cm³/mol. The smallest absolute Gasteiger partial charge is 0.273 e. The largest absolute Gasteiger partial charge is 0.369 e. The molecule has 0 atom stereocenters. The van der Waals surface area contributed by atoms with Gasteiger partial charge in [0.25, 0.3) is 5.91 Å². The van der Waals surface area contributed by atoms with E-state index >= 15 is 0 Å². The van der Waals surface area contributed by atoms with E-state index in [0.717, 1.165) is 34.5 Å². The van der Waals surface area contributed by atoms with Crippen molar-refractivity contribution in [3.8, 4) is 0 Å². The van der Waals surface area contributed by atoms with Crippen molar-refractivity contribution in [1.29, 1.82) is 0 Å². The molecule has 0 saturated heterocycles. The Kier molecular flexibility index (Phi) is 9.41. The molecule has 32 heavy (non-hydrogen) atoms. The standard InChI is InChI=1S/C24H23BrCl2N4O/c25-19-7-9-20(10-8-19)29-23-4-2-1-3-22(23)24(32)30-28-17-18-5-11-21(12-6-18)31(15-13-26)16-14-27/h1-12,17,29H,13-16H2,(H,30,32)/b28-17-. The topological polar surface area (TPSA) is 56.7 Å². The highest BCUT2D eigenvalue weighted by atomic mass is 79.9. The Morgan fingerprint density at radius 2 is 1.59 bits per heavy atom. The third-order valence-corrected chi connectivity index (χ3v) is 5.51. The van der Waals surface area contributed by atoms with Crippen molar-refractivity contribution in [2.24, 2.45) is 5.10 Å². The summed E-state index contributed by atoms with van der Waals surface area (Å²) in [5.41, 5.74) is 6.59. The van der Waals surface area contributed by atoms with Gasteiger partial charge in [-0.3, -0.25) is 4.79 Å². The van der Waals surface area contributed by atoms with Crippen molar-refractivity contribution in [3.63, 3.8) is 0 Å². The molecule has 0 radical (unpaired) electrons. The molecule has 8 heteroatoms. The summed E-state index contributed by atoms with van der Waals surface area (Å²) < 4.78 is 0.988. The minimum Gasteiger partial charge on any atom is -0.369 e. The summed E-state index contributed by atoms with van der Waals surface area (Å²) >= 11 is 15.2. The van der Waals surface area contributed by atoms with Gasteiger partial charge in [0, 0.05) is 40.7 Å². The Hall–Kier alpha value is -2.54. The number of nitrogens with one attached hydrogen (secondary N) is 2. The van der Waals surface area contributed by atoms with Gasteiger partial charge in [-0.2, -0.15) is 5.10 Å². The molecule has 0 fully saturated rings. The third kappa shape index (κ3) is 6.99. The van der Waals surface area contributed by atoms with Gasteiger partial charge in [-0.25, -0.2) is 5.43 Å². The molecule has 0 unspecified atom stereocenters. The zero-order valence-corrected chi connectivity index (χ0v) is 20.4. The molecule has 0 aliphatic rings. The van der Waals surface area contributed by atoms with Gasteiger partial charge in [-0.05, 0) is 54.1 Å². The fraction of sp³-hybridized carbons (Fsp3) is 0.167.